The van der Waals surface area contributed by atoms with Gasteiger partial charge in [0.15, 0.2) is 0 Å². The number of aliphatic carboxylic acids is 1. The van der Waals surface area contributed by atoms with E-state index in [0.717, 1.165) is 30.8 Å². The van der Waals surface area contributed by atoms with E-state index in [9.17, 15) is 9.90 Å². The topological polar surface area (TPSA) is 53.4 Å². The molecule has 0 saturated carbocycles. The standard InChI is InChI=1S/C14H20N2O2/c1-3-14(13(17)18)8-5-9-16(14)10-12-7-4-6-11(2)15-12/h4,6-7H,3,5,8-10H2,1-2H3,(H,17,18). The van der Waals surface area contributed by atoms with Crippen molar-refractivity contribution in [1.82, 2.24) is 9.88 Å². The molecule has 4 heteroatoms. The van der Waals surface area contributed by atoms with Crippen LogP contribution in [0, 0.1) is 6.92 Å². The van der Waals surface area contributed by atoms with Gasteiger partial charge < -0.3 is 5.11 Å². The van der Waals surface area contributed by atoms with Gasteiger partial charge in [0.1, 0.15) is 5.54 Å². The number of hydrogen-bond acceptors (Lipinski definition) is 3. The molecule has 1 aliphatic rings. The molecule has 1 unspecified atom stereocenters. The van der Waals surface area contributed by atoms with Crippen molar-refractivity contribution in [1.29, 1.82) is 0 Å². The highest BCUT2D eigenvalue weighted by molar-refractivity contribution is 5.79. The Morgan fingerprint density at radius 2 is 2.33 bits per heavy atom. The van der Waals surface area contributed by atoms with Crippen LogP contribution in [0.15, 0.2) is 18.2 Å². The fourth-order valence-corrected chi connectivity index (χ4v) is 2.84. The summed E-state index contributed by atoms with van der Waals surface area (Å²) >= 11 is 0. The van der Waals surface area contributed by atoms with Gasteiger partial charge in [-0.15, -0.1) is 0 Å². The summed E-state index contributed by atoms with van der Waals surface area (Å²) in [5.41, 5.74) is 1.24. The van der Waals surface area contributed by atoms with Gasteiger partial charge in [-0.05, 0) is 44.9 Å². The minimum atomic E-state index is -0.699. The van der Waals surface area contributed by atoms with Crippen molar-refractivity contribution in [2.24, 2.45) is 0 Å². The van der Waals surface area contributed by atoms with Crippen molar-refractivity contribution < 1.29 is 9.90 Å². The molecule has 2 rings (SSSR count). The maximum absolute atomic E-state index is 11.6. The Hall–Kier alpha value is -1.42. The van der Waals surface area contributed by atoms with Crippen molar-refractivity contribution in [3.63, 3.8) is 0 Å². The van der Waals surface area contributed by atoms with E-state index in [1.54, 1.807) is 0 Å². The second-order valence-corrected chi connectivity index (χ2v) is 4.99. The molecule has 2 heterocycles. The Balaban J connectivity index is 2.20. The number of carboxylic acid groups (broad SMARTS) is 1. The monoisotopic (exact) mass is 248 g/mol. The van der Waals surface area contributed by atoms with Crippen LogP contribution in [0.5, 0.6) is 0 Å². The van der Waals surface area contributed by atoms with Crippen LogP contribution in [0.4, 0.5) is 0 Å². The summed E-state index contributed by atoms with van der Waals surface area (Å²) in [4.78, 5) is 18.1. The summed E-state index contributed by atoms with van der Waals surface area (Å²) in [5, 5.41) is 9.50. The fourth-order valence-electron chi connectivity index (χ4n) is 2.84. The fraction of sp³-hybridized carbons (Fsp3) is 0.571. The number of nitrogens with zero attached hydrogens (tertiary/aromatic N) is 2. The molecule has 1 aromatic heterocycles. The first kappa shape index (κ1) is 13.0. The third kappa shape index (κ3) is 2.25. The highest BCUT2D eigenvalue weighted by atomic mass is 16.4. The van der Waals surface area contributed by atoms with Crippen LogP contribution in [-0.2, 0) is 11.3 Å². The number of likely N-dealkylation sites (tertiary alicyclic amines) is 1. The predicted molar refractivity (Wildman–Crippen MR) is 69.3 cm³/mol. The molecule has 1 aromatic rings. The second-order valence-electron chi connectivity index (χ2n) is 4.99. The van der Waals surface area contributed by atoms with E-state index in [1.165, 1.54) is 0 Å². The second kappa shape index (κ2) is 5.06. The molecule has 0 bridgehead atoms. The first-order valence-electron chi connectivity index (χ1n) is 6.49. The van der Waals surface area contributed by atoms with E-state index in [-0.39, 0.29) is 0 Å². The van der Waals surface area contributed by atoms with Gasteiger partial charge in [0.2, 0.25) is 0 Å². The van der Waals surface area contributed by atoms with Crippen molar-refractivity contribution >= 4 is 5.97 Å². The van der Waals surface area contributed by atoms with Crippen LogP contribution in [0.1, 0.15) is 37.6 Å². The van der Waals surface area contributed by atoms with Crippen molar-refractivity contribution in [2.75, 3.05) is 6.54 Å². The molecular weight excluding hydrogens is 228 g/mol. The Bertz CT molecular complexity index is 447. The molecule has 4 nitrogen and oxygen atoms in total. The third-order valence-corrected chi connectivity index (χ3v) is 3.91. The highest BCUT2D eigenvalue weighted by Gasteiger charge is 2.45. The van der Waals surface area contributed by atoms with E-state index >= 15 is 0 Å². The minimum absolute atomic E-state index is 0.627. The number of carboxylic acids is 1. The van der Waals surface area contributed by atoms with Gasteiger partial charge in [-0.3, -0.25) is 14.7 Å². The third-order valence-electron chi connectivity index (χ3n) is 3.91. The van der Waals surface area contributed by atoms with Gasteiger partial charge in [0, 0.05) is 12.2 Å². The first-order valence-corrected chi connectivity index (χ1v) is 6.49. The lowest BCUT2D eigenvalue weighted by Crippen LogP contribution is -2.49. The highest BCUT2D eigenvalue weighted by Crippen LogP contribution is 2.33. The Kier molecular flexibility index (Phi) is 3.66. The van der Waals surface area contributed by atoms with Gasteiger partial charge in [-0.1, -0.05) is 13.0 Å². The molecule has 1 N–H and O–H groups in total. The summed E-state index contributed by atoms with van der Waals surface area (Å²) in [6, 6.07) is 5.90. The van der Waals surface area contributed by atoms with Gasteiger partial charge >= 0.3 is 5.97 Å². The van der Waals surface area contributed by atoms with Crippen LogP contribution in [0.3, 0.4) is 0 Å². The molecule has 0 aliphatic carbocycles. The molecule has 0 radical (unpaired) electrons. The van der Waals surface area contributed by atoms with Crippen molar-refractivity contribution in [2.45, 2.75) is 45.2 Å². The first-order chi connectivity index (χ1) is 8.58. The van der Waals surface area contributed by atoms with E-state index < -0.39 is 11.5 Å². The van der Waals surface area contributed by atoms with Crippen molar-refractivity contribution in [3.05, 3.63) is 29.6 Å². The average Bonchev–Trinajstić information content (AvgIpc) is 2.73. The molecule has 1 saturated heterocycles. The normalized spacial score (nSPS) is 24.3. The summed E-state index contributed by atoms with van der Waals surface area (Å²) < 4.78 is 0. The Morgan fingerprint density at radius 1 is 1.56 bits per heavy atom. The van der Waals surface area contributed by atoms with Gasteiger partial charge in [0.25, 0.3) is 0 Å². The van der Waals surface area contributed by atoms with Crippen LogP contribution in [-0.4, -0.2) is 33.0 Å². The molecule has 1 aliphatic heterocycles. The van der Waals surface area contributed by atoms with Crippen LogP contribution in [0.25, 0.3) is 0 Å². The van der Waals surface area contributed by atoms with Crippen LogP contribution in [0.2, 0.25) is 0 Å². The number of aryl methyl sites for hydroxylation is 1. The maximum atomic E-state index is 11.6. The lowest BCUT2D eigenvalue weighted by atomic mass is 9.93. The summed E-state index contributed by atoms with van der Waals surface area (Å²) in [7, 11) is 0. The number of carbonyl (C=O) groups is 1. The lowest BCUT2D eigenvalue weighted by molar-refractivity contribution is -0.150. The number of hydrogen-bond donors (Lipinski definition) is 1. The molecular formula is C14H20N2O2. The molecule has 0 spiro atoms. The maximum Gasteiger partial charge on any atom is 0.324 e. The number of rotatable bonds is 4. The van der Waals surface area contributed by atoms with E-state index in [0.29, 0.717) is 13.0 Å². The zero-order valence-corrected chi connectivity index (χ0v) is 11.0. The Morgan fingerprint density at radius 3 is 2.94 bits per heavy atom. The van der Waals surface area contributed by atoms with Gasteiger partial charge in [-0.25, -0.2) is 0 Å². The number of pyridine rings is 1. The van der Waals surface area contributed by atoms with E-state index in [4.69, 9.17) is 0 Å². The molecule has 1 atom stereocenters. The Labute approximate surface area is 108 Å². The van der Waals surface area contributed by atoms with E-state index in [2.05, 4.69) is 9.88 Å². The average molecular weight is 248 g/mol. The van der Waals surface area contributed by atoms with E-state index in [1.807, 2.05) is 32.0 Å². The van der Waals surface area contributed by atoms with Gasteiger partial charge in [0.05, 0.1) is 5.69 Å². The molecule has 18 heavy (non-hydrogen) atoms. The molecule has 0 amide bonds. The largest absolute Gasteiger partial charge is 0.480 e. The van der Waals surface area contributed by atoms with Gasteiger partial charge in [-0.2, -0.15) is 0 Å². The predicted octanol–water partition coefficient (Wildman–Crippen LogP) is 2.22. The quantitative estimate of drug-likeness (QED) is 0.887. The summed E-state index contributed by atoms with van der Waals surface area (Å²) in [6.45, 7) is 5.38. The lowest BCUT2D eigenvalue weighted by Gasteiger charge is -2.33. The molecule has 0 aromatic carbocycles. The minimum Gasteiger partial charge on any atom is -0.480 e. The SMILES string of the molecule is CCC1(C(=O)O)CCCN1Cc1cccc(C)n1. The zero-order chi connectivity index (χ0) is 13.2. The number of aromatic nitrogens is 1. The summed E-state index contributed by atoms with van der Waals surface area (Å²) in [5.74, 6) is -0.699. The smallest absolute Gasteiger partial charge is 0.324 e. The van der Waals surface area contributed by atoms with Crippen molar-refractivity contribution in [3.8, 4) is 0 Å². The summed E-state index contributed by atoms with van der Waals surface area (Å²) in [6.07, 6.45) is 2.34. The van der Waals surface area contributed by atoms with Crippen LogP contribution >= 0.6 is 0 Å². The molecule has 1 fully saturated rings. The zero-order valence-electron chi connectivity index (χ0n) is 11.0. The van der Waals surface area contributed by atoms with Crippen LogP contribution < -0.4 is 0 Å². The molecule has 98 valence electrons.